The summed E-state index contributed by atoms with van der Waals surface area (Å²) in [6, 6.07) is 4.57. The third kappa shape index (κ3) is 4.29. The van der Waals surface area contributed by atoms with Crippen molar-refractivity contribution in [1.82, 2.24) is 4.90 Å². The lowest BCUT2D eigenvalue weighted by molar-refractivity contribution is 0.0347. The zero-order valence-corrected chi connectivity index (χ0v) is 15.3. The van der Waals surface area contributed by atoms with Crippen molar-refractivity contribution in [2.75, 3.05) is 18.5 Å². The fourth-order valence-corrected chi connectivity index (χ4v) is 3.14. The molecule has 1 aromatic rings. The minimum atomic E-state index is -3.33. The first-order valence-corrected chi connectivity index (χ1v) is 9.69. The first-order valence-electron chi connectivity index (χ1n) is 7.80. The number of ether oxygens (including phenoxy) is 1. The Balaban J connectivity index is 2.38. The van der Waals surface area contributed by atoms with Gasteiger partial charge < -0.3 is 10.5 Å². The molecule has 0 radical (unpaired) electrons. The van der Waals surface area contributed by atoms with Crippen molar-refractivity contribution in [3.05, 3.63) is 29.8 Å². The summed E-state index contributed by atoms with van der Waals surface area (Å²) < 4.78 is 28.8. The summed E-state index contributed by atoms with van der Waals surface area (Å²) in [6.07, 6.45) is 4.29. The number of carbonyl (C=O) groups excluding carboxylic acids is 1. The van der Waals surface area contributed by atoms with Gasteiger partial charge in [0, 0.05) is 24.1 Å². The summed E-state index contributed by atoms with van der Waals surface area (Å²) in [4.78, 5) is 14.2. The average molecular weight is 352 g/mol. The second-order valence-electron chi connectivity index (χ2n) is 6.88. The van der Waals surface area contributed by atoms with Gasteiger partial charge in [-0.1, -0.05) is 6.08 Å². The van der Waals surface area contributed by atoms with Gasteiger partial charge in [0.25, 0.3) is 0 Å². The van der Waals surface area contributed by atoms with E-state index in [-0.39, 0.29) is 4.90 Å². The van der Waals surface area contributed by atoms with Crippen LogP contribution < -0.4 is 5.73 Å². The van der Waals surface area contributed by atoms with Gasteiger partial charge in [0.05, 0.1) is 10.6 Å². The number of rotatable bonds is 2. The van der Waals surface area contributed by atoms with Crippen molar-refractivity contribution in [1.29, 1.82) is 0 Å². The molecular formula is C17H24N2O4S. The van der Waals surface area contributed by atoms with Gasteiger partial charge in [0.1, 0.15) is 5.60 Å². The maximum atomic E-state index is 12.5. The van der Waals surface area contributed by atoms with Crippen LogP contribution in [0.4, 0.5) is 10.5 Å². The quantitative estimate of drug-likeness (QED) is 0.826. The van der Waals surface area contributed by atoms with Gasteiger partial charge in [-0.3, -0.25) is 4.90 Å². The number of nitrogens with two attached hydrogens (primary N) is 1. The highest BCUT2D eigenvalue weighted by molar-refractivity contribution is 7.90. The molecule has 1 heterocycles. The van der Waals surface area contributed by atoms with Crippen LogP contribution in [0.15, 0.2) is 29.2 Å². The highest BCUT2D eigenvalue weighted by Crippen LogP contribution is 2.31. The molecule has 0 aromatic heterocycles. The van der Waals surface area contributed by atoms with Gasteiger partial charge in [0.15, 0.2) is 9.84 Å². The van der Waals surface area contributed by atoms with Gasteiger partial charge in [-0.2, -0.15) is 0 Å². The molecule has 0 atom stereocenters. The third-order valence-corrected chi connectivity index (χ3v) is 4.67. The normalized spacial score (nSPS) is 15.8. The Morgan fingerprint density at radius 3 is 2.50 bits per heavy atom. The molecule has 0 spiro atoms. The maximum absolute atomic E-state index is 12.5. The van der Waals surface area contributed by atoms with Gasteiger partial charge in [-0.15, -0.1) is 0 Å². The number of carbonyl (C=O) groups is 1. The molecule has 1 aliphatic heterocycles. The molecular weight excluding hydrogens is 328 g/mol. The van der Waals surface area contributed by atoms with Crippen LogP contribution in [-0.2, 0) is 14.6 Å². The van der Waals surface area contributed by atoms with Crippen molar-refractivity contribution in [2.45, 2.75) is 44.1 Å². The van der Waals surface area contributed by atoms with Crippen molar-refractivity contribution in [2.24, 2.45) is 0 Å². The average Bonchev–Trinajstić information content (AvgIpc) is 2.44. The van der Waals surface area contributed by atoms with Crippen molar-refractivity contribution in [3.63, 3.8) is 0 Å². The summed E-state index contributed by atoms with van der Waals surface area (Å²) in [5.74, 6) is 0. The topological polar surface area (TPSA) is 89.7 Å². The summed E-state index contributed by atoms with van der Waals surface area (Å²) in [5, 5.41) is 0. The number of benzene rings is 1. The number of amides is 1. The Bertz CT molecular complexity index is 776. The van der Waals surface area contributed by atoms with E-state index in [1.165, 1.54) is 12.1 Å². The number of hydrogen-bond donors (Lipinski definition) is 1. The molecule has 2 N–H and O–H groups in total. The highest BCUT2D eigenvalue weighted by Gasteiger charge is 2.28. The van der Waals surface area contributed by atoms with Crippen LogP contribution in [0.25, 0.3) is 5.70 Å². The van der Waals surface area contributed by atoms with E-state index in [1.54, 1.807) is 11.0 Å². The summed E-state index contributed by atoms with van der Waals surface area (Å²) in [5.41, 5.74) is 7.07. The van der Waals surface area contributed by atoms with E-state index in [2.05, 4.69) is 0 Å². The molecule has 0 unspecified atom stereocenters. The lowest BCUT2D eigenvalue weighted by Crippen LogP contribution is -2.37. The minimum absolute atomic E-state index is 0.156. The Morgan fingerprint density at radius 1 is 1.29 bits per heavy atom. The second-order valence-corrected chi connectivity index (χ2v) is 8.90. The smallest absolute Gasteiger partial charge is 0.414 e. The predicted molar refractivity (Wildman–Crippen MR) is 94.1 cm³/mol. The molecule has 1 aromatic carbocycles. The fraction of sp³-hybridized carbons (Fsp3) is 0.471. The lowest BCUT2D eigenvalue weighted by atomic mass is 10.0. The molecule has 1 amide bonds. The predicted octanol–water partition coefficient (Wildman–Crippen LogP) is 3.04. The van der Waals surface area contributed by atoms with E-state index in [9.17, 15) is 13.2 Å². The number of allylic oxidation sites excluding steroid dienone is 1. The van der Waals surface area contributed by atoms with Gasteiger partial charge >= 0.3 is 6.09 Å². The van der Waals surface area contributed by atoms with Crippen LogP contribution in [-0.4, -0.2) is 37.8 Å². The molecule has 2 rings (SSSR count). The number of sulfone groups is 1. The van der Waals surface area contributed by atoms with Crippen molar-refractivity contribution < 1.29 is 17.9 Å². The largest absolute Gasteiger partial charge is 0.443 e. The Labute approximate surface area is 143 Å². The third-order valence-electron chi connectivity index (χ3n) is 3.56. The summed E-state index contributed by atoms with van der Waals surface area (Å²) in [6.45, 7) is 5.97. The van der Waals surface area contributed by atoms with Crippen LogP contribution >= 0.6 is 0 Å². The molecule has 1 aliphatic rings. The standard InChI is InChI=1S/C17H24N2O4S/c1-17(2,3)23-16(20)19-10-6-5-7-15(19)13-9-8-12(11-14(13)18)24(4,21)22/h7-9,11H,5-6,10,18H2,1-4H3. The van der Waals surface area contributed by atoms with E-state index in [0.29, 0.717) is 23.5 Å². The van der Waals surface area contributed by atoms with Crippen LogP contribution in [0.1, 0.15) is 39.2 Å². The molecule has 0 aliphatic carbocycles. The Hall–Kier alpha value is -2.02. The van der Waals surface area contributed by atoms with E-state index in [1.807, 2.05) is 26.8 Å². The van der Waals surface area contributed by atoms with Crippen LogP contribution in [0.3, 0.4) is 0 Å². The first-order chi connectivity index (χ1) is 11.0. The molecule has 24 heavy (non-hydrogen) atoms. The molecule has 6 nitrogen and oxygen atoms in total. The number of hydrogen-bond acceptors (Lipinski definition) is 5. The molecule has 132 valence electrons. The van der Waals surface area contributed by atoms with Gasteiger partial charge in [-0.05, 0) is 51.8 Å². The summed E-state index contributed by atoms with van der Waals surface area (Å²) >= 11 is 0. The van der Waals surface area contributed by atoms with Crippen LogP contribution in [0.2, 0.25) is 0 Å². The van der Waals surface area contributed by atoms with Gasteiger partial charge in [-0.25, -0.2) is 13.2 Å². The number of nitrogen functional groups attached to an aromatic ring is 1. The lowest BCUT2D eigenvalue weighted by Gasteiger charge is -2.31. The SMILES string of the molecule is CC(C)(C)OC(=O)N1CCCC=C1c1ccc(S(C)(=O)=O)cc1N. The molecule has 0 fully saturated rings. The van der Waals surface area contributed by atoms with Gasteiger partial charge in [0.2, 0.25) is 0 Å². The minimum Gasteiger partial charge on any atom is -0.443 e. The summed E-state index contributed by atoms with van der Waals surface area (Å²) in [7, 11) is -3.33. The molecule has 0 saturated heterocycles. The van der Waals surface area contributed by atoms with E-state index in [4.69, 9.17) is 10.5 Å². The Morgan fingerprint density at radius 2 is 1.96 bits per heavy atom. The maximum Gasteiger partial charge on any atom is 0.414 e. The van der Waals surface area contributed by atoms with E-state index in [0.717, 1.165) is 19.1 Å². The fourth-order valence-electron chi connectivity index (χ4n) is 2.49. The van der Waals surface area contributed by atoms with E-state index >= 15 is 0 Å². The zero-order chi connectivity index (χ0) is 18.1. The number of anilines is 1. The monoisotopic (exact) mass is 352 g/mol. The molecule has 0 saturated carbocycles. The van der Waals surface area contributed by atoms with Crippen LogP contribution in [0.5, 0.6) is 0 Å². The van der Waals surface area contributed by atoms with Crippen molar-refractivity contribution in [3.8, 4) is 0 Å². The highest BCUT2D eigenvalue weighted by atomic mass is 32.2. The molecule has 7 heteroatoms. The second kappa shape index (κ2) is 6.47. The Kier molecular flexibility index (Phi) is 4.94. The molecule has 0 bridgehead atoms. The van der Waals surface area contributed by atoms with Crippen molar-refractivity contribution >= 4 is 27.3 Å². The first kappa shape index (κ1) is 18.3. The zero-order valence-electron chi connectivity index (χ0n) is 14.5. The van der Waals surface area contributed by atoms with Crippen LogP contribution in [0, 0.1) is 0 Å². The number of nitrogens with zero attached hydrogens (tertiary/aromatic N) is 1. The van der Waals surface area contributed by atoms with E-state index < -0.39 is 21.5 Å².